The molecule has 3 N–H and O–H groups in total. The molecule has 1 fully saturated rings. The Labute approximate surface area is 178 Å². The number of nitrogens with two attached hydrogens (primary N) is 1. The van der Waals surface area contributed by atoms with Crippen molar-refractivity contribution < 1.29 is 14.3 Å². The first-order valence-corrected chi connectivity index (χ1v) is 10.9. The zero-order valence-electron chi connectivity index (χ0n) is 18.1. The summed E-state index contributed by atoms with van der Waals surface area (Å²) in [6.07, 6.45) is 2.47. The van der Waals surface area contributed by atoms with E-state index < -0.39 is 5.82 Å². The predicted molar refractivity (Wildman–Crippen MR) is 118 cm³/mol. The monoisotopic (exact) mass is 413 g/mol. The van der Waals surface area contributed by atoms with E-state index in [0.717, 1.165) is 37.9 Å². The van der Waals surface area contributed by atoms with E-state index in [1.54, 1.807) is 18.2 Å². The van der Waals surface area contributed by atoms with Crippen LogP contribution in [0.5, 0.6) is 0 Å². The fourth-order valence-corrected chi connectivity index (χ4v) is 3.95. The van der Waals surface area contributed by atoms with E-state index in [-0.39, 0.29) is 17.8 Å². The van der Waals surface area contributed by atoms with Crippen molar-refractivity contribution in [1.29, 1.82) is 0 Å². The summed E-state index contributed by atoms with van der Waals surface area (Å²) in [5.74, 6) is -0.161. The average molecular weight is 414 g/mol. The minimum Gasteiger partial charge on any atom is -0.393 e. The zero-order valence-corrected chi connectivity index (χ0v) is 18.1. The number of rotatable bonds is 7. The predicted octanol–water partition coefficient (Wildman–Crippen LogP) is 4.22. The molecule has 1 aliphatic heterocycles. The maximum absolute atomic E-state index is 15.3. The molecule has 6 heteroatoms. The van der Waals surface area contributed by atoms with E-state index in [1.165, 1.54) is 0 Å². The highest BCUT2D eigenvalue weighted by Gasteiger charge is 2.22. The van der Waals surface area contributed by atoms with Crippen LogP contribution in [-0.2, 0) is 13.0 Å². The van der Waals surface area contributed by atoms with Gasteiger partial charge in [-0.3, -0.25) is 9.69 Å². The van der Waals surface area contributed by atoms with Crippen LogP contribution >= 0.6 is 0 Å². The molecule has 1 unspecified atom stereocenters. The Balaban J connectivity index is 1.87. The Kier molecular flexibility index (Phi) is 7.21. The SMILES string of the molecule is CCc1c(C(=O)C(C)CC)ccc(-c2ccc(CN3CCC(O)CC3)c(N)n2)c1F. The Bertz CT molecular complexity index is 908. The van der Waals surface area contributed by atoms with Crippen molar-refractivity contribution in [2.75, 3.05) is 18.8 Å². The van der Waals surface area contributed by atoms with Crippen molar-refractivity contribution in [2.24, 2.45) is 5.92 Å². The number of likely N-dealkylation sites (tertiary alicyclic amines) is 1. The summed E-state index contributed by atoms with van der Waals surface area (Å²) in [5, 5.41) is 9.66. The van der Waals surface area contributed by atoms with Crippen molar-refractivity contribution in [3.63, 3.8) is 0 Å². The number of halogens is 1. The number of aliphatic hydroxyl groups is 1. The summed E-state index contributed by atoms with van der Waals surface area (Å²) in [5.41, 5.74) is 8.84. The van der Waals surface area contributed by atoms with Crippen molar-refractivity contribution in [2.45, 2.75) is 59.1 Å². The molecular formula is C24H32FN3O2. The van der Waals surface area contributed by atoms with E-state index >= 15 is 4.39 Å². The molecule has 2 aromatic rings. The first-order chi connectivity index (χ1) is 14.3. The number of aliphatic hydroxyl groups excluding tert-OH is 1. The van der Waals surface area contributed by atoms with Gasteiger partial charge in [-0.15, -0.1) is 0 Å². The van der Waals surface area contributed by atoms with Gasteiger partial charge < -0.3 is 10.8 Å². The number of piperidine rings is 1. The van der Waals surface area contributed by atoms with Gasteiger partial charge in [0.1, 0.15) is 11.6 Å². The minimum absolute atomic E-state index is 0.0192. The van der Waals surface area contributed by atoms with E-state index in [0.29, 0.717) is 41.2 Å². The molecule has 1 saturated heterocycles. The van der Waals surface area contributed by atoms with Crippen molar-refractivity contribution in [1.82, 2.24) is 9.88 Å². The van der Waals surface area contributed by atoms with Crippen LogP contribution in [-0.4, -0.2) is 40.0 Å². The highest BCUT2D eigenvalue weighted by molar-refractivity contribution is 5.99. The van der Waals surface area contributed by atoms with Gasteiger partial charge in [-0.05, 0) is 43.4 Å². The first kappa shape index (κ1) is 22.4. The molecule has 1 atom stereocenters. The molecule has 30 heavy (non-hydrogen) atoms. The Hall–Kier alpha value is -2.31. The summed E-state index contributed by atoms with van der Waals surface area (Å²) < 4.78 is 15.3. The lowest BCUT2D eigenvalue weighted by atomic mass is 9.90. The van der Waals surface area contributed by atoms with Gasteiger partial charge in [0.25, 0.3) is 0 Å². The molecule has 3 rings (SSSR count). The Morgan fingerprint density at radius 2 is 1.97 bits per heavy atom. The summed E-state index contributed by atoms with van der Waals surface area (Å²) in [4.78, 5) is 19.3. The minimum atomic E-state index is -0.392. The Morgan fingerprint density at radius 1 is 1.27 bits per heavy atom. The number of Topliss-reactive ketones (excluding diaryl/α,β-unsaturated/α-hetero) is 1. The van der Waals surface area contributed by atoms with Crippen LogP contribution in [0, 0.1) is 11.7 Å². The second kappa shape index (κ2) is 9.67. The van der Waals surface area contributed by atoms with Crippen molar-refractivity contribution in [3.05, 3.63) is 46.8 Å². The number of nitrogens with zero attached hydrogens (tertiary/aromatic N) is 2. The molecular weight excluding hydrogens is 381 g/mol. The van der Waals surface area contributed by atoms with E-state index in [1.807, 2.05) is 26.8 Å². The van der Waals surface area contributed by atoms with Gasteiger partial charge in [-0.1, -0.05) is 32.9 Å². The maximum Gasteiger partial charge on any atom is 0.166 e. The summed E-state index contributed by atoms with van der Waals surface area (Å²) in [7, 11) is 0. The fourth-order valence-electron chi connectivity index (χ4n) is 3.95. The lowest BCUT2D eigenvalue weighted by Gasteiger charge is -2.29. The smallest absolute Gasteiger partial charge is 0.166 e. The second-order valence-electron chi connectivity index (χ2n) is 8.23. The number of nitrogen functional groups attached to an aromatic ring is 1. The maximum atomic E-state index is 15.3. The van der Waals surface area contributed by atoms with Gasteiger partial charge in [0.05, 0.1) is 11.8 Å². The zero-order chi connectivity index (χ0) is 21.8. The molecule has 0 radical (unpaired) electrons. The van der Waals surface area contributed by atoms with E-state index in [9.17, 15) is 9.90 Å². The van der Waals surface area contributed by atoms with Crippen LogP contribution in [0.4, 0.5) is 10.2 Å². The number of ketones is 1. The van der Waals surface area contributed by atoms with Crippen LogP contribution in [0.15, 0.2) is 24.3 Å². The quantitative estimate of drug-likeness (QED) is 0.665. The summed E-state index contributed by atoms with van der Waals surface area (Å²) in [6.45, 7) is 7.99. The molecule has 0 saturated carbocycles. The normalized spacial score (nSPS) is 16.6. The molecule has 2 heterocycles. The number of anilines is 1. The standard InChI is InChI=1S/C24H32FN3O2/c1-4-15(3)23(30)19-7-8-20(22(25)18(19)5-2)21-9-6-16(24(26)27-21)14-28-12-10-17(29)11-13-28/h6-9,15,17,29H,4-5,10-14H2,1-3H3,(H2,26,27). The number of hydrogen-bond acceptors (Lipinski definition) is 5. The number of aromatic nitrogens is 1. The molecule has 0 aliphatic carbocycles. The number of carbonyl (C=O) groups excluding carboxylic acids is 1. The van der Waals surface area contributed by atoms with E-state index in [2.05, 4.69) is 9.88 Å². The summed E-state index contributed by atoms with van der Waals surface area (Å²) >= 11 is 0. The van der Waals surface area contributed by atoms with Gasteiger partial charge in [0, 0.05) is 42.2 Å². The van der Waals surface area contributed by atoms with Gasteiger partial charge >= 0.3 is 0 Å². The third-order valence-electron chi connectivity index (χ3n) is 6.16. The largest absolute Gasteiger partial charge is 0.393 e. The van der Waals surface area contributed by atoms with Gasteiger partial charge in [0.15, 0.2) is 5.78 Å². The summed E-state index contributed by atoms with van der Waals surface area (Å²) in [6, 6.07) is 7.04. The van der Waals surface area contributed by atoms with Crippen molar-refractivity contribution in [3.8, 4) is 11.3 Å². The second-order valence-corrected chi connectivity index (χ2v) is 8.23. The van der Waals surface area contributed by atoms with Crippen molar-refractivity contribution >= 4 is 11.6 Å². The number of pyridine rings is 1. The highest BCUT2D eigenvalue weighted by atomic mass is 19.1. The van der Waals surface area contributed by atoms with Crippen LogP contribution in [0.2, 0.25) is 0 Å². The molecule has 0 amide bonds. The molecule has 0 spiro atoms. The molecule has 1 aromatic carbocycles. The molecule has 5 nitrogen and oxygen atoms in total. The van der Waals surface area contributed by atoms with Crippen LogP contribution in [0.25, 0.3) is 11.3 Å². The first-order valence-electron chi connectivity index (χ1n) is 10.9. The third-order valence-corrected chi connectivity index (χ3v) is 6.16. The third kappa shape index (κ3) is 4.71. The number of carbonyl (C=O) groups is 1. The Morgan fingerprint density at radius 3 is 2.57 bits per heavy atom. The average Bonchev–Trinajstić information content (AvgIpc) is 2.75. The molecule has 162 valence electrons. The van der Waals surface area contributed by atoms with Crippen LogP contribution < -0.4 is 5.73 Å². The topological polar surface area (TPSA) is 79.5 Å². The number of hydrogen-bond donors (Lipinski definition) is 2. The molecule has 1 aliphatic rings. The van der Waals surface area contributed by atoms with E-state index in [4.69, 9.17) is 5.73 Å². The van der Waals surface area contributed by atoms with Gasteiger partial charge in [-0.25, -0.2) is 9.37 Å². The molecule has 0 bridgehead atoms. The fraction of sp³-hybridized carbons (Fsp3) is 0.500. The number of benzene rings is 1. The van der Waals surface area contributed by atoms with Crippen LogP contribution in [0.3, 0.4) is 0 Å². The molecule has 1 aromatic heterocycles. The lowest BCUT2D eigenvalue weighted by Crippen LogP contribution is -2.35. The van der Waals surface area contributed by atoms with Gasteiger partial charge in [0.2, 0.25) is 0 Å². The van der Waals surface area contributed by atoms with Gasteiger partial charge in [-0.2, -0.15) is 0 Å². The lowest BCUT2D eigenvalue weighted by molar-refractivity contribution is 0.0793. The van der Waals surface area contributed by atoms with Crippen LogP contribution in [0.1, 0.15) is 61.5 Å². The highest BCUT2D eigenvalue weighted by Crippen LogP contribution is 2.30.